The molecule has 2 N–H and O–H groups in total. The molecule has 0 aliphatic carbocycles. The maximum absolute atomic E-state index is 12.3. The van der Waals surface area contributed by atoms with E-state index in [1.54, 1.807) is 11.8 Å². The smallest absolute Gasteiger partial charge is 0.315 e. The van der Waals surface area contributed by atoms with E-state index in [-0.39, 0.29) is 18.0 Å². The van der Waals surface area contributed by atoms with Gasteiger partial charge in [0.1, 0.15) is 0 Å². The summed E-state index contributed by atoms with van der Waals surface area (Å²) in [6.07, 6.45) is 3.35. The van der Waals surface area contributed by atoms with Crippen LogP contribution in [0, 0.1) is 5.92 Å². The van der Waals surface area contributed by atoms with Crippen LogP contribution in [0.2, 0.25) is 0 Å². The lowest BCUT2D eigenvalue weighted by Gasteiger charge is -2.30. The van der Waals surface area contributed by atoms with Gasteiger partial charge in [0.05, 0.1) is 0 Å². The zero-order valence-electron chi connectivity index (χ0n) is 16.5. The number of benzene rings is 1. The van der Waals surface area contributed by atoms with Crippen molar-refractivity contribution in [2.24, 2.45) is 5.92 Å². The Morgan fingerprint density at radius 3 is 2.44 bits per heavy atom. The monoisotopic (exact) mass is 372 g/mol. The fraction of sp³-hybridized carbons (Fsp3) is 0.619. The molecule has 6 heteroatoms. The van der Waals surface area contributed by atoms with E-state index < -0.39 is 0 Å². The number of urea groups is 1. The van der Waals surface area contributed by atoms with Gasteiger partial charge < -0.3 is 15.5 Å². The van der Waals surface area contributed by atoms with Gasteiger partial charge in [-0.1, -0.05) is 31.2 Å². The minimum atomic E-state index is -0.160. The molecule has 0 aromatic heterocycles. The second-order valence-electron chi connectivity index (χ2n) is 8.01. The number of carbonyl (C=O) groups excluding carboxylic acids is 2. The van der Waals surface area contributed by atoms with Crippen molar-refractivity contribution in [1.29, 1.82) is 0 Å². The molecular weight excluding hydrogens is 340 g/mol. The van der Waals surface area contributed by atoms with Crippen molar-refractivity contribution < 1.29 is 9.59 Å². The molecule has 0 unspecified atom stereocenters. The predicted octanol–water partition coefficient (Wildman–Crippen LogP) is 2.34. The fourth-order valence-corrected chi connectivity index (χ4v) is 3.92. The van der Waals surface area contributed by atoms with Gasteiger partial charge in [0.2, 0.25) is 5.91 Å². The summed E-state index contributed by atoms with van der Waals surface area (Å²) in [5.74, 6) is 0.900. The van der Waals surface area contributed by atoms with Gasteiger partial charge in [-0.25, -0.2) is 4.79 Å². The fourth-order valence-electron chi connectivity index (χ4n) is 3.92. The first kappa shape index (κ1) is 19.7. The quantitative estimate of drug-likeness (QED) is 0.834. The molecule has 1 atom stereocenters. The van der Waals surface area contributed by atoms with Crippen LogP contribution in [0.3, 0.4) is 0 Å². The van der Waals surface area contributed by atoms with E-state index in [2.05, 4.69) is 40.7 Å². The Bertz CT molecular complexity index is 655. The van der Waals surface area contributed by atoms with Crippen LogP contribution >= 0.6 is 0 Å². The van der Waals surface area contributed by atoms with E-state index in [1.807, 2.05) is 6.07 Å². The summed E-state index contributed by atoms with van der Waals surface area (Å²) in [7, 11) is 0. The van der Waals surface area contributed by atoms with E-state index in [0.717, 1.165) is 38.5 Å². The summed E-state index contributed by atoms with van der Waals surface area (Å²) in [4.78, 5) is 27.9. The van der Waals surface area contributed by atoms with Gasteiger partial charge in [0, 0.05) is 39.1 Å². The predicted molar refractivity (Wildman–Crippen MR) is 106 cm³/mol. The molecule has 2 fully saturated rings. The third-order valence-corrected chi connectivity index (χ3v) is 5.80. The lowest BCUT2D eigenvalue weighted by Crippen LogP contribution is -2.43. The van der Waals surface area contributed by atoms with E-state index in [9.17, 15) is 9.59 Å². The second-order valence-corrected chi connectivity index (χ2v) is 8.01. The minimum Gasteiger partial charge on any atom is -0.341 e. The van der Waals surface area contributed by atoms with Crippen molar-refractivity contribution in [3.63, 3.8) is 0 Å². The summed E-state index contributed by atoms with van der Waals surface area (Å²) in [5, 5.41) is 5.97. The van der Waals surface area contributed by atoms with Crippen LogP contribution in [0.25, 0.3) is 0 Å². The molecule has 3 rings (SSSR count). The largest absolute Gasteiger partial charge is 0.341 e. The van der Waals surface area contributed by atoms with Crippen LogP contribution in [0.1, 0.15) is 44.2 Å². The van der Waals surface area contributed by atoms with Crippen LogP contribution in [0.4, 0.5) is 4.79 Å². The van der Waals surface area contributed by atoms with Crippen molar-refractivity contribution >= 4 is 11.9 Å². The Morgan fingerprint density at radius 1 is 1.07 bits per heavy atom. The molecule has 27 heavy (non-hydrogen) atoms. The van der Waals surface area contributed by atoms with Crippen LogP contribution in [0.5, 0.6) is 0 Å². The lowest BCUT2D eigenvalue weighted by molar-refractivity contribution is -0.127. The van der Waals surface area contributed by atoms with Crippen molar-refractivity contribution in [1.82, 2.24) is 20.4 Å². The van der Waals surface area contributed by atoms with Crippen LogP contribution < -0.4 is 10.6 Å². The summed E-state index contributed by atoms with van der Waals surface area (Å²) in [6, 6.07) is 8.23. The maximum Gasteiger partial charge on any atom is 0.315 e. The average Bonchev–Trinajstić information content (AvgIpc) is 3.12. The second kappa shape index (κ2) is 9.22. The molecule has 0 radical (unpaired) electrons. The third-order valence-electron chi connectivity index (χ3n) is 5.80. The third kappa shape index (κ3) is 5.70. The number of hydrogen-bond acceptors (Lipinski definition) is 3. The van der Waals surface area contributed by atoms with E-state index in [0.29, 0.717) is 13.1 Å². The first-order chi connectivity index (χ1) is 13.0. The lowest BCUT2D eigenvalue weighted by atomic mass is 9.98. The number of likely N-dealkylation sites (tertiary alicyclic amines) is 2. The zero-order chi connectivity index (χ0) is 19.2. The normalized spacial score (nSPS) is 21.3. The molecule has 0 bridgehead atoms. The molecule has 1 aromatic rings. The SMILES string of the molecule is CC(=O)N1CC[C@@H](NC(=O)NCc2ccccc2CN2CCC(C)CC2)C1. The Kier molecular flexibility index (Phi) is 6.72. The van der Waals surface area contributed by atoms with Crippen molar-refractivity contribution in [3.05, 3.63) is 35.4 Å². The molecule has 1 aromatic carbocycles. The molecule has 2 saturated heterocycles. The molecule has 2 heterocycles. The number of piperidine rings is 1. The Labute approximate surface area is 162 Å². The number of rotatable bonds is 5. The summed E-state index contributed by atoms with van der Waals surface area (Å²) >= 11 is 0. The number of nitrogens with one attached hydrogen (secondary N) is 2. The highest BCUT2D eigenvalue weighted by molar-refractivity contribution is 5.75. The molecule has 0 saturated carbocycles. The van der Waals surface area contributed by atoms with Gasteiger partial charge in [-0.2, -0.15) is 0 Å². The number of hydrogen-bond donors (Lipinski definition) is 2. The zero-order valence-corrected chi connectivity index (χ0v) is 16.5. The first-order valence-corrected chi connectivity index (χ1v) is 10.1. The number of carbonyl (C=O) groups is 2. The summed E-state index contributed by atoms with van der Waals surface area (Å²) in [5.41, 5.74) is 2.46. The minimum absolute atomic E-state index is 0.0412. The Morgan fingerprint density at radius 2 is 1.78 bits per heavy atom. The standard InChI is InChI=1S/C21H32N4O2/c1-16-7-10-24(11-8-16)14-19-6-4-3-5-18(19)13-22-21(27)23-20-9-12-25(15-20)17(2)26/h3-6,16,20H,7-15H2,1-2H3,(H2,22,23,27)/t20-/m1/s1. The van der Waals surface area contributed by atoms with Gasteiger partial charge in [0.15, 0.2) is 0 Å². The van der Waals surface area contributed by atoms with Crippen LogP contribution in [0.15, 0.2) is 24.3 Å². The molecule has 6 nitrogen and oxygen atoms in total. The van der Waals surface area contributed by atoms with Crippen molar-refractivity contribution in [2.45, 2.75) is 52.2 Å². The van der Waals surface area contributed by atoms with Crippen LogP contribution in [-0.2, 0) is 17.9 Å². The average molecular weight is 373 g/mol. The topological polar surface area (TPSA) is 64.7 Å². The van der Waals surface area contributed by atoms with E-state index in [4.69, 9.17) is 0 Å². The first-order valence-electron chi connectivity index (χ1n) is 10.1. The van der Waals surface area contributed by atoms with Gasteiger partial charge in [-0.15, -0.1) is 0 Å². The van der Waals surface area contributed by atoms with Gasteiger partial charge >= 0.3 is 6.03 Å². The van der Waals surface area contributed by atoms with Gasteiger partial charge in [-0.05, 0) is 49.4 Å². The van der Waals surface area contributed by atoms with E-state index >= 15 is 0 Å². The van der Waals surface area contributed by atoms with Gasteiger partial charge in [0.25, 0.3) is 0 Å². The maximum atomic E-state index is 12.3. The highest BCUT2D eigenvalue weighted by Gasteiger charge is 2.25. The molecule has 2 aliphatic rings. The summed E-state index contributed by atoms with van der Waals surface area (Å²) < 4.78 is 0. The van der Waals surface area contributed by atoms with E-state index in [1.165, 1.54) is 24.0 Å². The molecule has 2 aliphatic heterocycles. The number of amides is 3. The molecule has 148 valence electrons. The number of nitrogens with zero attached hydrogens (tertiary/aromatic N) is 2. The van der Waals surface area contributed by atoms with Gasteiger partial charge in [-0.3, -0.25) is 9.69 Å². The molecule has 0 spiro atoms. The highest BCUT2D eigenvalue weighted by Crippen LogP contribution is 2.19. The Hall–Kier alpha value is -2.08. The van der Waals surface area contributed by atoms with Crippen molar-refractivity contribution in [2.75, 3.05) is 26.2 Å². The summed E-state index contributed by atoms with van der Waals surface area (Å²) in [6.45, 7) is 8.99. The molecular formula is C21H32N4O2. The molecule has 3 amide bonds. The Balaban J connectivity index is 1.48. The van der Waals surface area contributed by atoms with Crippen LogP contribution in [-0.4, -0.2) is 54.0 Å². The highest BCUT2D eigenvalue weighted by atomic mass is 16.2. The van der Waals surface area contributed by atoms with Crippen molar-refractivity contribution in [3.8, 4) is 0 Å².